The first-order valence-corrected chi connectivity index (χ1v) is 7.22. The molecule has 0 radical (unpaired) electrons. The van der Waals surface area contributed by atoms with Crippen LogP contribution in [0.25, 0.3) is 0 Å². The molecule has 0 saturated heterocycles. The predicted molar refractivity (Wildman–Crippen MR) is 76.7 cm³/mol. The number of hydrogen-bond acceptors (Lipinski definition) is 2. The minimum absolute atomic E-state index is 0.221. The lowest BCUT2D eigenvalue weighted by Crippen LogP contribution is -2.36. The molecule has 19 heavy (non-hydrogen) atoms. The van der Waals surface area contributed by atoms with Crippen LogP contribution in [0.15, 0.2) is 18.2 Å². The van der Waals surface area contributed by atoms with Gasteiger partial charge in [-0.2, -0.15) is 0 Å². The van der Waals surface area contributed by atoms with Gasteiger partial charge in [0.15, 0.2) is 0 Å². The van der Waals surface area contributed by atoms with E-state index in [0.717, 1.165) is 24.8 Å². The Morgan fingerprint density at radius 3 is 2.89 bits per heavy atom. The Labute approximate surface area is 122 Å². The highest BCUT2D eigenvalue weighted by atomic mass is 35.5. The van der Waals surface area contributed by atoms with Crippen molar-refractivity contribution in [2.24, 2.45) is 5.92 Å². The predicted octanol–water partition coefficient (Wildman–Crippen LogP) is 3.73. The third-order valence-corrected chi connectivity index (χ3v) is 4.22. The summed E-state index contributed by atoms with van der Waals surface area (Å²) in [6.07, 6.45) is 3.44. The molecule has 104 valence electrons. The number of nitrogens with one attached hydrogen (secondary N) is 1. The highest BCUT2D eigenvalue weighted by Gasteiger charge is 2.26. The number of benzene rings is 1. The first-order chi connectivity index (χ1) is 9.06. The fourth-order valence-electron chi connectivity index (χ4n) is 2.53. The minimum atomic E-state index is -0.688. The molecule has 0 amide bonds. The van der Waals surface area contributed by atoms with Gasteiger partial charge in [0.05, 0.1) is 5.92 Å². The molecular weight excluding hydrogens is 285 g/mol. The fraction of sp³-hybridized carbons (Fsp3) is 0.500. The normalized spacial score (nSPS) is 23.3. The summed E-state index contributed by atoms with van der Waals surface area (Å²) in [6.45, 7) is 0.621. The Morgan fingerprint density at radius 2 is 2.16 bits per heavy atom. The Morgan fingerprint density at radius 1 is 1.37 bits per heavy atom. The Hall–Kier alpha value is -0.770. The van der Waals surface area contributed by atoms with Gasteiger partial charge in [0.1, 0.15) is 0 Å². The van der Waals surface area contributed by atoms with Crippen molar-refractivity contribution in [2.45, 2.75) is 38.3 Å². The molecule has 5 heteroatoms. The van der Waals surface area contributed by atoms with Crippen LogP contribution in [0.3, 0.4) is 0 Å². The van der Waals surface area contributed by atoms with Crippen LogP contribution >= 0.6 is 23.2 Å². The second kappa shape index (κ2) is 6.60. The Bertz CT molecular complexity index is 465. The van der Waals surface area contributed by atoms with Crippen molar-refractivity contribution < 1.29 is 9.90 Å². The van der Waals surface area contributed by atoms with Crippen molar-refractivity contribution in [3.63, 3.8) is 0 Å². The van der Waals surface area contributed by atoms with E-state index < -0.39 is 5.97 Å². The van der Waals surface area contributed by atoms with Gasteiger partial charge in [-0.15, -0.1) is 0 Å². The van der Waals surface area contributed by atoms with E-state index in [4.69, 9.17) is 28.3 Å². The zero-order valence-corrected chi connectivity index (χ0v) is 12.0. The van der Waals surface area contributed by atoms with Crippen LogP contribution in [0, 0.1) is 5.92 Å². The van der Waals surface area contributed by atoms with Crippen molar-refractivity contribution >= 4 is 29.2 Å². The molecule has 0 bridgehead atoms. The maximum Gasteiger partial charge on any atom is 0.306 e. The third-order valence-electron chi connectivity index (χ3n) is 3.61. The van der Waals surface area contributed by atoms with Gasteiger partial charge in [0.2, 0.25) is 0 Å². The summed E-state index contributed by atoms with van der Waals surface area (Å²) in [7, 11) is 0. The number of carbonyl (C=O) groups is 1. The first-order valence-electron chi connectivity index (χ1n) is 6.46. The SMILES string of the molecule is O=C(O)C1CCCC(NCc2cc(Cl)ccc2Cl)C1. The number of carboxylic acid groups (broad SMARTS) is 1. The van der Waals surface area contributed by atoms with E-state index in [1.807, 2.05) is 6.07 Å². The molecule has 1 fully saturated rings. The lowest BCUT2D eigenvalue weighted by molar-refractivity contribution is -0.143. The summed E-state index contributed by atoms with van der Waals surface area (Å²) in [5.74, 6) is -0.909. The number of hydrogen-bond donors (Lipinski definition) is 2. The number of carboxylic acids is 1. The molecule has 0 spiro atoms. The van der Waals surface area contributed by atoms with Crippen LogP contribution in [-0.2, 0) is 11.3 Å². The molecule has 2 atom stereocenters. The second-order valence-corrected chi connectivity index (χ2v) is 5.86. The second-order valence-electron chi connectivity index (χ2n) is 5.02. The van der Waals surface area contributed by atoms with Crippen LogP contribution in [0.5, 0.6) is 0 Å². The first kappa shape index (κ1) is 14.6. The topological polar surface area (TPSA) is 49.3 Å². The molecule has 0 aliphatic heterocycles. The summed E-state index contributed by atoms with van der Waals surface area (Å²) >= 11 is 12.0. The molecule has 2 rings (SSSR count). The Balaban J connectivity index is 1.91. The van der Waals surface area contributed by atoms with Gasteiger partial charge in [-0.1, -0.05) is 29.6 Å². The maximum absolute atomic E-state index is 11.0. The summed E-state index contributed by atoms with van der Waals surface area (Å²) in [4.78, 5) is 11.0. The molecule has 1 aliphatic carbocycles. The number of rotatable bonds is 4. The van der Waals surface area contributed by atoms with Gasteiger partial charge in [0.25, 0.3) is 0 Å². The highest BCUT2D eigenvalue weighted by molar-refractivity contribution is 6.33. The van der Waals surface area contributed by atoms with E-state index >= 15 is 0 Å². The molecule has 0 aromatic heterocycles. The summed E-state index contributed by atoms with van der Waals surface area (Å²) < 4.78 is 0. The van der Waals surface area contributed by atoms with Gasteiger partial charge in [-0.05, 0) is 43.0 Å². The molecule has 0 heterocycles. The average molecular weight is 302 g/mol. The molecule has 3 nitrogen and oxygen atoms in total. The van der Waals surface area contributed by atoms with Crippen molar-refractivity contribution in [1.82, 2.24) is 5.32 Å². The van der Waals surface area contributed by atoms with Gasteiger partial charge in [0, 0.05) is 22.6 Å². The van der Waals surface area contributed by atoms with E-state index in [0.29, 0.717) is 23.0 Å². The lowest BCUT2D eigenvalue weighted by atomic mass is 9.86. The lowest BCUT2D eigenvalue weighted by Gasteiger charge is -2.27. The molecule has 1 saturated carbocycles. The van der Waals surface area contributed by atoms with E-state index in [9.17, 15) is 4.79 Å². The molecular formula is C14H17Cl2NO2. The van der Waals surface area contributed by atoms with Gasteiger partial charge < -0.3 is 10.4 Å². The Kier molecular flexibility index (Phi) is 5.08. The molecule has 1 aromatic rings. The van der Waals surface area contributed by atoms with Crippen LogP contribution in [0.4, 0.5) is 0 Å². The van der Waals surface area contributed by atoms with Crippen molar-refractivity contribution in [1.29, 1.82) is 0 Å². The standard InChI is InChI=1S/C14H17Cl2NO2/c15-11-4-5-13(16)10(6-11)8-17-12-3-1-2-9(7-12)14(18)19/h4-6,9,12,17H,1-3,7-8H2,(H,18,19). The van der Waals surface area contributed by atoms with Gasteiger partial charge in [-0.3, -0.25) is 4.79 Å². The zero-order valence-electron chi connectivity index (χ0n) is 10.5. The van der Waals surface area contributed by atoms with E-state index in [-0.39, 0.29) is 12.0 Å². The number of halogens is 2. The van der Waals surface area contributed by atoms with Crippen molar-refractivity contribution in [2.75, 3.05) is 0 Å². The quantitative estimate of drug-likeness (QED) is 0.891. The van der Waals surface area contributed by atoms with Crippen LogP contribution < -0.4 is 5.32 Å². The highest BCUT2D eigenvalue weighted by Crippen LogP contribution is 2.26. The zero-order chi connectivity index (χ0) is 13.8. The van der Waals surface area contributed by atoms with Gasteiger partial charge >= 0.3 is 5.97 Å². The van der Waals surface area contributed by atoms with Crippen LogP contribution in [0.1, 0.15) is 31.2 Å². The van der Waals surface area contributed by atoms with Crippen molar-refractivity contribution in [3.8, 4) is 0 Å². The van der Waals surface area contributed by atoms with E-state index in [1.165, 1.54) is 0 Å². The third kappa shape index (κ3) is 4.10. The molecule has 1 aliphatic rings. The largest absolute Gasteiger partial charge is 0.481 e. The fourth-order valence-corrected chi connectivity index (χ4v) is 2.91. The summed E-state index contributed by atoms with van der Waals surface area (Å²) in [5, 5.41) is 13.8. The smallest absolute Gasteiger partial charge is 0.306 e. The molecule has 2 unspecified atom stereocenters. The molecule has 2 N–H and O–H groups in total. The number of aliphatic carboxylic acids is 1. The summed E-state index contributed by atoms with van der Waals surface area (Å²) in [5.41, 5.74) is 0.951. The molecule has 1 aromatic carbocycles. The summed E-state index contributed by atoms with van der Waals surface area (Å²) in [6, 6.07) is 5.62. The minimum Gasteiger partial charge on any atom is -0.481 e. The monoisotopic (exact) mass is 301 g/mol. The average Bonchev–Trinajstić information content (AvgIpc) is 2.40. The van der Waals surface area contributed by atoms with Crippen LogP contribution in [-0.4, -0.2) is 17.1 Å². The maximum atomic E-state index is 11.0. The van der Waals surface area contributed by atoms with E-state index in [2.05, 4.69) is 5.32 Å². The van der Waals surface area contributed by atoms with Crippen molar-refractivity contribution in [3.05, 3.63) is 33.8 Å². The van der Waals surface area contributed by atoms with E-state index in [1.54, 1.807) is 12.1 Å². The van der Waals surface area contributed by atoms with Crippen LogP contribution in [0.2, 0.25) is 10.0 Å². The van der Waals surface area contributed by atoms with Gasteiger partial charge in [-0.25, -0.2) is 0 Å².